The zero-order valence-corrected chi connectivity index (χ0v) is 10.2. The number of fused-ring (bicyclic) bond motifs is 1. The van der Waals surface area contributed by atoms with E-state index in [1.54, 1.807) is 12.1 Å². The number of aromatic nitrogens is 2. The molecule has 2 nitrogen and oxygen atoms in total. The number of rotatable bonds is 1. The molecule has 1 aliphatic rings. The highest BCUT2D eigenvalue weighted by atomic mass is 32.2. The van der Waals surface area contributed by atoms with Crippen LogP contribution in [0.1, 0.15) is 12.5 Å². The zero-order chi connectivity index (χ0) is 11.1. The molecule has 0 saturated carbocycles. The summed E-state index contributed by atoms with van der Waals surface area (Å²) in [5, 5.41) is 0. The van der Waals surface area contributed by atoms with E-state index in [0.29, 0.717) is 10.8 Å². The fourth-order valence-electron chi connectivity index (χ4n) is 2.18. The molecule has 0 amide bonds. The van der Waals surface area contributed by atoms with Gasteiger partial charge in [0.2, 0.25) is 0 Å². The van der Waals surface area contributed by atoms with Crippen LogP contribution in [0.4, 0.5) is 4.39 Å². The third-order valence-electron chi connectivity index (χ3n) is 2.95. The number of hydrogen-bond acceptors (Lipinski definition) is 2. The smallest absolute Gasteiger partial charge is 0.178 e. The number of H-pyrrole nitrogens is 1. The van der Waals surface area contributed by atoms with E-state index in [-0.39, 0.29) is 5.82 Å². The average molecular weight is 254 g/mol. The first-order chi connectivity index (χ1) is 7.75. The molecule has 0 spiro atoms. The van der Waals surface area contributed by atoms with Crippen molar-refractivity contribution in [1.82, 2.24) is 9.55 Å². The van der Waals surface area contributed by atoms with Gasteiger partial charge in [-0.1, -0.05) is 0 Å². The minimum atomic E-state index is -0.207. The third-order valence-corrected chi connectivity index (χ3v) is 4.39. The van der Waals surface area contributed by atoms with Gasteiger partial charge in [-0.2, -0.15) is 11.8 Å². The Morgan fingerprint density at radius 3 is 3.12 bits per heavy atom. The van der Waals surface area contributed by atoms with E-state index in [1.807, 2.05) is 11.8 Å². The Bertz CT molecular complexity index is 581. The largest absolute Gasteiger partial charge is 0.331 e. The number of nitrogens with one attached hydrogen (secondary N) is 1. The van der Waals surface area contributed by atoms with E-state index in [0.717, 1.165) is 29.0 Å². The highest BCUT2D eigenvalue weighted by molar-refractivity contribution is 7.99. The summed E-state index contributed by atoms with van der Waals surface area (Å²) >= 11 is 7.24. The summed E-state index contributed by atoms with van der Waals surface area (Å²) in [4.78, 5) is 3.13. The van der Waals surface area contributed by atoms with Crippen molar-refractivity contribution >= 4 is 35.0 Å². The fraction of sp³-hybridized carbons (Fsp3) is 0.364. The van der Waals surface area contributed by atoms with Gasteiger partial charge in [0, 0.05) is 11.8 Å². The lowest BCUT2D eigenvalue weighted by molar-refractivity contribution is 0.566. The van der Waals surface area contributed by atoms with Crippen molar-refractivity contribution in [3.05, 3.63) is 28.8 Å². The summed E-state index contributed by atoms with van der Waals surface area (Å²) in [6.07, 6.45) is 1.11. The average Bonchev–Trinajstić information content (AvgIpc) is 2.83. The first-order valence-corrected chi connectivity index (χ1v) is 6.79. The topological polar surface area (TPSA) is 20.7 Å². The standard InChI is InChI=1S/C11H11FN2S2/c12-7-1-2-9-10(5-7)14(11(15)13-9)8-3-4-16-6-8/h1-2,5,8H,3-4,6H2,(H,13,15). The van der Waals surface area contributed by atoms with Crippen LogP contribution in [-0.2, 0) is 0 Å². The molecule has 5 heteroatoms. The van der Waals surface area contributed by atoms with Crippen molar-refractivity contribution in [2.45, 2.75) is 12.5 Å². The van der Waals surface area contributed by atoms with Gasteiger partial charge in [0.15, 0.2) is 4.77 Å². The van der Waals surface area contributed by atoms with E-state index < -0.39 is 0 Å². The summed E-state index contributed by atoms with van der Waals surface area (Å²) < 4.78 is 16.0. The summed E-state index contributed by atoms with van der Waals surface area (Å²) in [6, 6.07) is 5.18. The number of benzene rings is 1. The second kappa shape index (κ2) is 3.89. The number of imidazole rings is 1. The second-order valence-electron chi connectivity index (χ2n) is 3.98. The van der Waals surface area contributed by atoms with Gasteiger partial charge in [-0.05, 0) is 42.6 Å². The third kappa shape index (κ3) is 1.58. The molecule has 1 saturated heterocycles. The van der Waals surface area contributed by atoms with E-state index in [1.165, 1.54) is 6.07 Å². The van der Waals surface area contributed by atoms with Crippen LogP contribution in [-0.4, -0.2) is 21.1 Å². The summed E-state index contributed by atoms with van der Waals surface area (Å²) in [5.41, 5.74) is 1.81. The summed E-state index contributed by atoms with van der Waals surface area (Å²) in [6.45, 7) is 0. The Morgan fingerprint density at radius 1 is 1.50 bits per heavy atom. The Balaban J connectivity index is 2.25. The predicted molar refractivity (Wildman–Crippen MR) is 68.1 cm³/mol. The van der Waals surface area contributed by atoms with Crippen LogP contribution in [0.5, 0.6) is 0 Å². The lowest BCUT2D eigenvalue weighted by Crippen LogP contribution is -2.07. The van der Waals surface area contributed by atoms with Gasteiger partial charge >= 0.3 is 0 Å². The van der Waals surface area contributed by atoms with Crippen LogP contribution in [0.25, 0.3) is 11.0 Å². The molecule has 3 rings (SSSR count). The minimum Gasteiger partial charge on any atom is -0.331 e. The van der Waals surface area contributed by atoms with Crippen LogP contribution in [0.2, 0.25) is 0 Å². The molecular formula is C11H11FN2S2. The van der Waals surface area contributed by atoms with Crippen molar-refractivity contribution in [3.63, 3.8) is 0 Å². The quantitative estimate of drug-likeness (QED) is 0.786. The molecule has 1 aromatic carbocycles. The molecular weight excluding hydrogens is 243 g/mol. The van der Waals surface area contributed by atoms with Crippen LogP contribution in [0.15, 0.2) is 18.2 Å². The van der Waals surface area contributed by atoms with E-state index in [9.17, 15) is 4.39 Å². The molecule has 1 fully saturated rings. The van der Waals surface area contributed by atoms with Crippen molar-refractivity contribution in [3.8, 4) is 0 Å². The molecule has 1 aliphatic heterocycles. The van der Waals surface area contributed by atoms with Gasteiger partial charge < -0.3 is 9.55 Å². The predicted octanol–water partition coefficient (Wildman–Crippen LogP) is 3.52. The molecule has 1 N–H and O–H groups in total. The molecule has 1 atom stereocenters. The van der Waals surface area contributed by atoms with Gasteiger partial charge in [0.05, 0.1) is 11.0 Å². The van der Waals surface area contributed by atoms with Crippen molar-refractivity contribution < 1.29 is 4.39 Å². The second-order valence-corrected chi connectivity index (χ2v) is 5.52. The molecule has 0 bridgehead atoms. The van der Waals surface area contributed by atoms with Gasteiger partial charge in [0.1, 0.15) is 5.82 Å². The fourth-order valence-corrected chi connectivity index (χ4v) is 3.73. The van der Waals surface area contributed by atoms with Crippen molar-refractivity contribution in [1.29, 1.82) is 0 Å². The van der Waals surface area contributed by atoms with Gasteiger partial charge in [0.25, 0.3) is 0 Å². The Kier molecular flexibility index (Phi) is 2.52. The number of nitrogens with zero attached hydrogens (tertiary/aromatic N) is 1. The van der Waals surface area contributed by atoms with Crippen molar-refractivity contribution in [2.24, 2.45) is 0 Å². The van der Waals surface area contributed by atoms with Crippen LogP contribution >= 0.6 is 24.0 Å². The highest BCUT2D eigenvalue weighted by Crippen LogP contribution is 2.31. The maximum atomic E-state index is 13.2. The molecule has 0 aliphatic carbocycles. The zero-order valence-electron chi connectivity index (χ0n) is 8.57. The van der Waals surface area contributed by atoms with E-state index >= 15 is 0 Å². The summed E-state index contributed by atoms with van der Waals surface area (Å²) in [7, 11) is 0. The number of halogens is 1. The molecule has 16 heavy (non-hydrogen) atoms. The SMILES string of the molecule is Fc1ccc2[nH]c(=S)n(C3CCSC3)c2c1. The van der Waals surface area contributed by atoms with Crippen LogP contribution in [0, 0.1) is 10.6 Å². The molecule has 84 valence electrons. The van der Waals surface area contributed by atoms with Crippen LogP contribution < -0.4 is 0 Å². The number of hydrogen-bond donors (Lipinski definition) is 1. The molecule has 1 aromatic heterocycles. The molecule has 1 unspecified atom stereocenters. The normalized spacial score (nSPS) is 20.7. The minimum absolute atomic E-state index is 0.207. The molecule has 2 aromatic rings. The Morgan fingerprint density at radius 2 is 2.38 bits per heavy atom. The van der Waals surface area contributed by atoms with Gasteiger partial charge in [-0.25, -0.2) is 4.39 Å². The van der Waals surface area contributed by atoms with Gasteiger partial charge in [-0.15, -0.1) is 0 Å². The lowest BCUT2D eigenvalue weighted by atomic mass is 10.2. The maximum absolute atomic E-state index is 13.2. The van der Waals surface area contributed by atoms with E-state index in [4.69, 9.17) is 12.2 Å². The Labute approximate surface area is 102 Å². The first kappa shape index (κ1) is 10.4. The first-order valence-electron chi connectivity index (χ1n) is 5.23. The lowest BCUT2D eigenvalue weighted by Gasteiger charge is -2.11. The van der Waals surface area contributed by atoms with E-state index in [2.05, 4.69) is 9.55 Å². The van der Waals surface area contributed by atoms with Crippen LogP contribution in [0.3, 0.4) is 0 Å². The molecule has 0 radical (unpaired) electrons. The summed E-state index contributed by atoms with van der Waals surface area (Å²) in [5.74, 6) is 2.02. The van der Waals surface area contributed by atoms with Crippen molar-refractivity contribution in [2.75, 3.05) is 11.5 Å². The van der Waals surface area contributed by atoms with Gasteiger partial charge in [-0.3, -0.25) is 0 Å². The number of thioether (sulfide) groups is 1. The number of aromatic amines is 1. The monoisotopic (exact) mass is 254 g/mol. The molecule has 2 heterocycles. The Hall–Kier alpha value is -0.810. The highest BCUT2D eigenvalue weighted by Gasteiger charge is 2.20. The maximum Gasteiger partial charge on any atom is 0.178 e.